The minimum atomic E-state index is -0.876. The number of aromatic nitrogens is 3. The van der Waals surface area contributed by atoms with Crippen molar-refractivity contribution in [2.45, 2.75) is 44.7 Å². The van der Waals surface area contributed by atoms with Crippen LogP contribution in [0, 0.1) is 17.7 Å². The van der Waals surface area contributed by atoms with E-state index in [0.717, 1.165) is 37.9 Å². The number of H-pyrrole nitrogens is 1. The van der Waals surface area contributed by atoms with E-state index >= 15 is 0 Å². The van der Waals surface area contributed by atoms with Gasteiger partial charge in [0.2, 0.25) is 5.91 Å². The Morgan fingerprint density at radius 3 is 2.86 bits per heavy atom. The molecule has 0 saturated heterocycles. The number of aromatic amines is 1. The van der Waals surface area contributed by atoms with Gasteiger partial charge in [0.15, 0.2) is 0 Å². The normalized spacial score (nSPS) is 21.9. The van der Waals surface area contributed by atoms with Gasteiger partial charge >= 0.3 is 0 Å². The lowest BCUT2D eigenvalue weighted by molar-refractivity contribution is -0.118. The molecule has 3 rings (SSSR count). The molecular formula is C19H26FN5O3. The van der Waals surface area contributed by atoms with Gasteiger partial charge in [0.1, 0.15) is 11.9 Å². The minimum absolute atomic E-state index is 0.0384. The van der Waals surface area contributed by atoms with Crippen molar-refractivity contribution < 1.29 is 14.3 Å². The first-order valence-corrected chi connectivity index (χ1v) is 9.48. The fraction of sp³-hybridized carbons (Fsp3) is 0.526. The van der Waals surface area contributed by atoms with Crippen molar-refractivity contribution in [2.75, 3.05) is 11.9 Å². The van der Waals surface area contributed by atoms with Gasteiger partial charge in [-0.15, -0.1) is 0 Å². The van der Waals surface area contributed by atoms with E-state index in [1.807, 2.05) is 0 Å². The van der Waals surface area contributed by atoms with Crippen molar-refractivity contribution in [2.24, 2.45) is 17.6 Å². The fourth-order valence-corrected chi connectivity index (χ4v) is 3.70. The van der Waals surface area contributed by atoms with Crippen LogP contribution >= 0.6 is 0 Å². The molecule has 1 saturated carbocycles. The Morgan fingerprint density at radius 1 is 1.46 bits per heavy atom. The molecule has 1 aliphatic carbocycles. The minimum Gasteiger partial charge on any atom is -0.394 e. The van der Waals surface area contributed by atoms with Gasteiger partial charge in [-0.2, -0.15) is 5.10 Å². The van der Waals surface area contributed by atoms with Gasteiger partial charge in [-0.3, -0.25) is 14.3 Å². The Bertz CT molecular complexity index is 872. The first-order valence-electron chi connectivity index (χ1n) is 9.48. The first-order chi connectivity index (χ1) is 13.4. The SMILES string of the molecule is CC1CCC([C@H](N)C(=O)Nc2cnn(C(CO)c3cc(F)c[nH]c3=O)c2)CC1. The molecule has 152 valence electrons. The summed E-state index contributed by atoms with van der Waals surface area (Å²) in [6.45, 7) is 1.75. The maximum Gasteiger partial charge on any atom is 0.253 e. The van der Waals surface area contributed by atoms with Gasteiger partial charge in [-0.25, -0.2) is 4.39 Å². The van der Waals surface area contributed by atoms with Gasteiger partial charge in [0.25, 0.3) is 5.56 Å². The summed E-state index contributed by atoms with van der Waals surface area (Å²) in [4.78, 5) is 26.7. The van der Waals surface area contributed by atoms with E-state index in [-0.39, 0.29) is 17.4 Å². The highest BCUT2D eigenvalue weighted by Gasteiger charge is 2.28. The third-order valence-electron chi connectivity index (χ3n) is 5.49. The summed E-state index contributed by atoms with van der Waals surface area (Å²) in [5.74, 6) is -0.0850. The van der Waals surface area contributed by atoms with Crippen molar-refractivity contribution in [3.63, 3.8) is 0 Å². The number of halogens is 1. The quantitative estimate of drug-likeness (QED) is 0.592. The third kappa shape index (κ3) is 4.48. The number of aliphatic hydroxyl groups excluding tert-OH is 1. The maximum absolute atomic E-state index is 13.5. The van der Waals surface area contributed by atoms with Crippen LogP contribution in [0.2, 0.25) is 0 Å². The third-order valence-corrected chi connectivity index (χ3v) is 5.49. The molecule has 0 aliphatic heterocycles. The first kappa shape index (κ1) is 20.2. The summed E-state index contributed by atoms with van der Waals surface area (Å²) in [5.41, 5.74) is 6.06. The van der Waals surface area contributed by atoms with E-state index in [1.54, 1.807) is 0 Å². The molecule has 0 radical (unpaired) electrons. The molecule has 2 atom stereocenters. The molecule has 0 spiro atoms. The molecule has 28 heavy (non-hydrogen) atoms. The summed E-state index contributed by atoms with van der Waals surface area (Å²) in [7, 11) is 0. The van der Waals surface area contributed by atoms with E-state index in [0.29, 0.717) is 11.6 Å². The number of rotatable bonds is 6. The standard InChI is InChI=1S/C19H26FN5O3/c1-11-2-4-12(5-3-11)17(21)19(28)24-14-8-23-25(9-14)16(10-26)15-6-13(20)7-22-18(15)27/h6-9,11-12,16-17,26H,2-5,10,21H2,1H3,(H,22,27)(H,24,28)/t11?,12?,16?,17-/m0/s1. The van der Waals surface area contributed by atoms with Gasteiger partial charge in [0.05, 0.1) is 24.5 Å². The zero-order chi connectivity index (χ0) is 20.3. The lowest BCUT2D eigenvalue weighted by atomic mass is 9.79. The summed E-state index contributed by atoms with van der Waals surface area (Å²) >= 11 is 0. The van der Waals surface area contributed by atoms with Crippen molar-refractivity contribution in [3.05, 3.63) is 46.4 Å². The molecule has 2 heterocycles. The number of hydrogen-bond acceptors (Lipinski definition) is 5. The highest BCUT2D eigenvalue weighted by molar-refractivity contribution is 5.94. The molecule has 1 fully saturated rings. The van der Waals surface area contributed by atoms with Crippen LogP contribution < -0.4 is 16.6 Å². The number of amides is 1. The zero-order valence-electron chi connectivity index (χ0n) is 15.8. The lowest BCUT2D eigenvalue weighted by Gasteiger charge is -2.29. The second-order valence-electron chi connectivity index (χ2n) is 7.54. The number of nitrogens with one attached hydrogen (secondary N) is 2. The van der Waals surface area contributed by atoms with Gasteiger partial charge < -0.3 is 21.1 Å². The summed E-state index contributed by atoms with van der Waals surface area (Å²) in [5, 5.41) is 16.5. The van der Waals surface area contributed by atoms with E-state index in [2.05, 4.69) is 22.3 Å². The predicted octanol–water partition coefficient (Wildman–Crippen LogP) is 1.38. The van der Waals surface area contributed by atoms with E-state index in [1.165, 1.54) is 17.1 Å². The Hall–Kier alpha value is -2.52. The van der Waals surface area contributed by atoms with Crippen LogP contribution in [0.1, 0.15) is 44.2 Å². The highest BCUT2D eigenvalue weighted by atomic mass is 19.1. The number of carbonyl (C=O) groups excluding carboxylic acids is 1. The van der Waals surface area contributed by atoms with Crippen molar-refractivity contribution in [1.82, 2.24) is 14.8 Å². The lowest BCUT2D eigenvalue weighted by Crippen LogP contribution is -2.43. The summed E-state index contributed by atoms with van der Waals surface area (Å²) < 4.78 is 14.8. The number of nitrogens with zero attached hydrogens (tertiary/aromatic N) is 2. The molecule has 1 unspecified atom stereocenters. The van der Waals surface area contributed by atoms with Gasteiger partial charge in [-0.1, -0.05) is 19.8 Å². The van der Waals surface area contributed by atoms with Crippen LogP contribution in [0.5, 0.6) is 0 Å². The molecule has 8 nitrogen and oxygen atoms in total. The molecule has 5 N–H and O–H groups in total. The monoisotopic (exact) mass is 391 g/mol. The number of hydrogen-bond donors (Lipinski definition) is 4. The second-order valence-corrected chi connectivity index (χ2v) is 7.54. The molecule has 2 aromatic rings. The molecule has 0 aromatic carbocycles. The fourth-order valence-electron chi connectivity index (χ4n) is 3.70. The zero-order valence-corrected chi connectivity index (χ0v) is 15.8. The average molecular weight is 391 g/mol. The number of pyridine rings is 1. The van der Waals surface area contributed by atoms with E-state index < -0.39 is 30.1 Å². The van der Waals surface area contributed by atoms with E-state index in [4.69, 9.17) is 5.73 Å². The van der Waals surface area contributed by atoms with Crippen molar-refractivity contribution >= 4 is 11.6 Å². The van der Waals surface area contributed by atoms with Gasteiger partial charge in [0, 0.05) is 18.0 Å². The Kier molecular flexibility index (Phi) is 6.25. The molecule has 9 heteroatoms. The van der Waals surface area contributed by atoms with Crippen molar-refractivity contribution in [3.8, 4) is 0 Å². The van der Waals surface area contributed by atoms with Crippen LogP contribution in [0.15, 0.2) is 29.5 Å². The maximum atomic E-state index is 13.5. The number of nitrogens with two attached hydrogens (primary N) is 1. The highest BCUT2D eigenvalue weighted by Crippen LogP contribution is 2.30. The van der Waals surface area contributed by atoms with Crippen LogP contribution in [0.4, 0.5) is 10.1 Å². The Labute approximate surface area is 161 Å². The molecule has 0 bridgehead atoms. The second kappa shape index (κ2) is 8.66. The van der Waals surface area contributed by atoms with Crippen molar-refractivity contribution in [1.29, 1.82) is 0 Å². The Balaban J connectivity index is 1.70. The molecule has 2 aromatic heterocycles. The summed E-state index contributed by atoms with van der Waals surface area (Å²) in [6, 6.07) is -0.422. The smallest absolute Gasteiger partial charge is 0.253 e. The number of aliphatic hydroxyl groups is 1. The topological polar surface area (TPSA) is 126 Å². The average Bonchev–Trinajstić information content (AvgIpc) is 3.13. The van der Waals surface area contributed by atoms with Crippen LogP contribution in [0.3, 0.4) is 0 Å². The number of carbonyl (C=O) groups is 1. The van der Waals surface area contributed by atoms with Gasteiger partial charge in [-0.05, 0) is 30.7 Å². The Morgan fingerprint density at radius 2 is 2.18 bits per heavy atom. The van der Waals surface area contributed by atoms with E-state index in [9.17, 15) is 19.1 Å². The number of anilines is 1. The predicted molar refractivity (Wildman–Crippen MR) is 102 cm³/mol. The van der Waals surface area contributed by atoms with Crippen LogP contribution in [-0.4, -0.2) is 38.4 Å². The molecule has 1 amide bonds. The molecule has 1 aliphatic rings. The molecular weight excluding hydrogens is 365 g/mol. The van der Waals surface area contributed by atoms with Crippen LogP contribution in [-0.2, 0) is 4.79 Å². The van der Waals surface area contributed by atoms with Crippen LogP contribution in [0.25, 0.3) is 0 Å². The summed E-state index contributed by atoms with van der Waals surface area (Å²) in [6.07, 6.45) is 7.85. The largest absolute Gasteiger partial charge is 0.394 e.